The van der Waals surface area contributed by atoms with Crippen LogP contribution >= 0.6 is 11.6 Å². The fraction of sp³-hybridized carbons (Fsp3) is 0.714. The van der Waals surface area contributed by atoms with Crippen LogP contribution in [0.5, 0.6) is 0 Å². The summed E-state index contributed by atoms with van der Waals surface area (Å²) >= 11 is 6.01. The van der Waals surface area contributed by atoms with Crippen LogP contribution in [-0.4, -0.2) is 47.1 Å². The van der Waals surface area contributed by atoms with Gasteiger partial charge in [0.05, 0.1) is 0 Å². The third-order valence-electron chi connectivity index (χ3n) is 4.29. The third kappa shape index (κ3) is 2.56. The maximum Gasteiger partial charge on any atom is 0.224 e. The first kappa shape index (κ1) is 13.1. The van der Waals surface area contributed by atoms with Crippen LogP contribution in [-0.2, 0) is 6.42 Å². The van der Waals surface area contributed by atoms with Crippen LogP contribution in [0.25, 0.3) is 0 Å². The lowest BCUT2D eigenvalue weighted by Gasteiger charge is -2.30. The summed E-state index contributed by atoms with van der Waals surface area (Å²) in [5.74, 6) is 1.06. The molecule has 0 aliphatic carbocycles. The van der Waals surface area contributed by atoms with Gasteiger partial charge in [0.1, 0.15) is 5.82 Å². The lowest BCUT2D eigenvalue weighted by molar-refractivity contribution is 0.315. The van der Waals surface area contributed by atoms with E-state index in [0.717, 1.165) is 31.0 Å². The molecule has 4 nitrogen and oxygen atoms in total. The van der Waals surface area contributed by atoms with E-state index in [9.17, 15) is 0 Å². The quantitative estimate of drug-likeness (QED) is 0.795. The lowest BCUT2D eigenvalue weighted by Crippen LogP contribution is -2.41. The van der Waals surface area contributed by atoms with Gasteiger partial charge in [-0.2, -0.15) is 0 Å². The molecule has 0 aromatic carbocycles. The molecule has 0 unspecified atom stereocenters. The van der Waals surface area contributed by atoms with E-state index in [0.29, 0.717) is 11.3 Å². The van der Waals surface area contributed by atoms with Gasteiger partial charge >= 0.3 is 0 Å². The normalized spacial score (nSPS) is 20.9. The van der Waals surface area contributed by atoms with Gasteiger partial charge in [0, 0.05) is 30.4 Å². The Balaban J connectivity index is 1.77. The molecule has 2 aliphatic heterocycles. The summed E-state index contributed by atoms with van der Waals surface area (Å²) < 4.78 is 0. The molecule has 19 heavy (non-hydrogen) atoms. The van der Waals surface area contributed by atoms with Gasteiger partial charge in [-0.05, 0) is 57.8 Å². The summed E-state index contributed by atoms with van der Waals surface area (Å²) in [6.07, 6.45) is 3.73. The number of fused-ring (bicyclic) bond motifs is 1. The molecule has 1 saturated heterocycles. The Labute approximate surface area is 119 Å². The van der Waals surface area contributed by atoms with E-state index in [1.165, 1.54) is 31.5 Å². The zero-order valence-electron chi connectivity index (χ0n) is 11.7. The summed E-state index contributed by atoms with van der Waals surface area (Å²) in [4.78, 5) is 13.7. The van der Waals surface area contributed by atoms with Crippen molar-refractivity contribution in [2.24, 2.45) is 0 Å². The van der Waals surface area contributed by atoms with Crippen molar-refractivity contribution >= 4 is 17.4 Å². The van der Waals surface area contributed by atoms with Crippen LogP contribution in [0.1, 0.15) is 31.0 Å². The maximum atomic E-state index is 6.01. The van der Waals surface area contributed by atoms with Crippen molar-refractivity contribution in [3.05, 3.63) is 16.5 Å². The van der Waals surface area contributed by atoms with E-state index in [4.69, 9.17) is 11.6 Å². The molecule has 104 valence electrons. The second-order valence-electron chi connectivity index (χ2n) is 5.68. The summed E-state index contributed by atoms with van der Waals surface area (Å²) in [7, 11) is 0. The molecule has 0 radical (unpaired) electrons. The highest BCUT2D eigenvalue weighted by Crippen LogP contribution is 2.30. The minimum absolute atomic E-state index is 0.372. The fourth-order valence-corrected chi connectivity index (χ4v) is 3.49. The van der Waals surface area contributed by atoms with Gasteiger partial charge in [0.25, 0.3) is 0 Å². The standard InChI is InChI=1S/C14H21ClN4/c1-10(9-18-6-3-4-7-18)19-8-5-12-11(2)16-14(15)17-13(12)19/h10H,3-9H2,1-2H3/t10-/m0/s1. The Morgan fingerprint density at radius 1 is 1.21 bits per heavy atom. The molecule has 2 aliphatic rings. The first-order chi connectivity index (χ1) is 9.15. The zero-order valence-corrected chi connectivity index (χ0v) is 12.4. The van der Waals surface area contributed by atoms with E-state index in [2.05, 4.69) is 26.7 Å². The first-order valence-corrected chi connectivity index (χ1v) is 7.55. The first-order valence-electron chi connectivity index (χ1n) is 7.17. The Bertz CT molecular complexity index is 471. The fourth-order valence-electron chi connectivity index (χ4n) is 3.28. The molecule has 0 spiro atoms. The number of likely N-dealkylation sites (tertiary alicyclic amines) is 1. The van der Waals surface area contributed by atoms with E-state index in [-0.39, 0.29) is 0 Å². The van der Waals surface area contributed by atoms with Crippen molar-refractivity contribution in [2.45, 2.75) is 39.2 Å². The molecule has 5 heteroatoms. The van der Waals surface area contributed by atoms with Crippen molar-refractivity contribution in [1.29, 1.82) is 0 Å². The molecule has 0 amide bonds. The van der Waals surface area contributed by atoms with Gasteiger partial charge < -0.3 is 9.80 Å². The zero-order chi connectivity index (χ0) is 13.4. The number of hydrogen-bond acceptors (Lipinski definition) is 4. The van der Waals surface area contributed by atoms with Gasteiger partial charge in [0.15, 0.2) is 0 Å². The minimum atomic E-state index is 0.372. The Morgan fingerprint density at radius 2 is 1.95 bits per heavy atom. The number of nitrogens with zero attached hydrogens (tertiary/aromatic N) is 4. The molecular weight excluding hydrogens is 260 g/mol. The monoisotopic (exact) mass is 280 g/mol. The summed E-state index contributed by atoms with van der Waals surface area (Å²) in [6.45, 7) is 8.98. The minimum Gasteiger partial charge on any atom is -0.352 e. The predicted octanol–water partition coefficient (Wildman–Crippen LogP) is 2.29. The topological polar surface area (TPSA) is 32.3 Å². The molecule has 0 bridgehead atoms. The highest BCUT2D eigenvalue weighted by atomic mass is 35.5. The number of anilines is 1. The van der Waals surface area contributed by atoms with Crippen LogP contribution in [0, 0.1) is 6.92 Å². The van der Waals surface area contributed by atoms with Crippen LogP contribution in [0.15, 0.2) is 0 Å². The van der Waals surface area contributed by atoms with Gasteiger partial charge in [-0.1, -0.05) is 0 Å². The van der Waals surface area contributed by atoms with E-state index in [1.54, 1.807) is 0 Å². The predicted molar refractivity (Wildman–Crippen MR) is 78.0 cm³/mol. The summed E-state index contributed by atoms with van der Waals surface area (Å²) in [5, 5.41) is 0.372. The maximum absolute atomic E-state index is 6.01. The van der Waals surface area contributed by atoms with Crippen molar-refractivity contribution in [3.63, 3.8) is 0 Å². The molecule has 1 atom stereocenters. The molecule has 0 N–H and O–H groups in total. The van der Waals surface area contributed by atoms with Crippen LogP contribution in [0.2, 0.25) is 5.28 Å². The highest BCUT2D eigenvalue weighted by molar-refractivity contribution is 6.28. The van der Waals surface area contributed by atoms with Gasteiger partial charge in [-0.3, -0.25) is 0 Å². The number of hydrogen-bond donors (Lipinski definition) is 0. The van der Waals surface area contributed by atoms with Gasteiger partial charge in [-0.15, -0.1) is 0 Å². The highest BCUT2D eigenvalue weighted by Gasteiger charge is 2.28. The van der Waals surface area contributed by atoms with E-state index < -0.39 is 0 Å². The SMILES string of the molecule is Cc1nc(Cl)nc2c1CCN2[C@@H](C)CN1CCCC1. The molecule has 1 aromatic heterocycles. The van der Waals surface area contributed by atoms with Crippen molar-refractivity contribution in [2.75, 3.05) is 31.1 Å². The van der Waals surface area contributed by atoms with Crippen molar-refractivity contribution < 1.29 is 0 Å². The summed E-state index contributed by atoms with van der Waals surface area (Å²) in [6, 6.07) is 0.490. The average Bonchev–Trinajstić information content (AvgIpc) is 2.97. The van der Waals surface area contributed by atoms with Crippen LogP contribution < -0.4 is 4.90 Å². The molecule has 3 rings (SSSR count). The van der Waals surface area contributed by atoms with Crippen molar-refractivity contribution in [3.8, 4) is 0 Å². The molecule has 3 heterocycles. The Morgan fingerprint density at radius 3 is 2.68 bits per heavy atom. The van der Waals surface area contributed by atoms with Gasteiger partial charge in [0.2, 0.25) is 5.28 Å². The summed E-state index contributed by atoms with van der Waals surface area (Å²) in [5.41, 5.74) is 2.31. The number of halogens is 1. The second-order valence-corrected chi connectivity index (χ2v) is 6.02. The average molecular weight is 281 g/mol. The number of aromatic nitrogens is 2. The third-order valence-corrected chi connectivity index (χ3v) is 4.46. The number of rotatable bonds is 3. The van der Waals surface area contributed by atoms with E-state index in [1.807, 2.05) is 6.92 Å². The molecular formula is C14H21ClN4. The Kier molecular flexibility index (Phi) is 3.63. The van der Waals surface area contributed by atoms with E-state index >= 15 is 0 Å². The molecule has 1 aromatic rings. The second kappa shape index (κ2) is 5.25. The smallest absolute Gasteiger partial charge is 0.224 e. The van der Waals surface area contributed by atoms with Crippen LogP contribution in [0.4, 0.5) is 5.82 Å². The number of aryl methyl sites for hydroxylation is 1. The molecule has 1 fully saturated rings. The molecule has 0 saturated carbocycles. The van der Waals surface area contributed by atoms with Crippen LogP contribution in [0.3, 0.4) is 0 Å². The lowest BCUT2D eigenvalue weighted by atomic mass is 10.2. The van der Waals surface area contributed by atoms with Crippen molar-refractivity contribution in [1.82, 2.24) is 14.9 Å². The van der Waals surface area contributed by atoms with Gasteiger partial charge in [-0.25, -0.2) is 9.97 Å². The largest absolute Gasteiger partial charge is 0.352 e. The Hall–Kier alpha value is -0.870.